The van der Waals surface area contributed by atoms with E-state index < -0.39 is 10.7 Å². The smallest absolute Gasteiger partial charge is 0.292 e. The molecule has 2 aromatic carbocycles. The van der Waals surface area contributed by atoms with E-state index >= 15 is 0 Å². The third-order valence-corrected chi connectivity index (χ3v) is 3.27. The first kappa shape index (κ1) is 15.6. The van der Waals surface area contributed by atoms with Crippen LogP contribution in [0, 0.1) is 15.9 Å². The molecule has 7 heteroatoms. The van der Waals surface area contributed by atoms with Gasteiger partial charge in [0.05, 0.1) is 12.0 Å². The molecule has 0 fully saturated rings. The minimum atomic E-state index is -0.497. The molecule has 0 aliphatic carbocycles. The molecule has 1 atom stereocenters. The van der Waals surface area contributed by atoms with Gasteiger partial charge in [-0.1, -0.05) is 6.07 Å². The topological polar surface area (TPSA) is 90.4 Å². The fraction of sp³-hybridized carbons (Fsp3) is 0.200. The zero-order valence-corrected chi connectivity index (χ0v) is 12.2. The molecule has 22 heavy (non-hydrogen) atoms. The van der Waals surface area contributed by atoms with Crippen LogP contribution in [0.4, 0.5) is 21.5 Å². The van der Waals surface area contributed by atoms with Gasteiger partial charge in [-0.05, 0) is 36.8 Å². The first-order chi connectivity index (χ1) is 10.4. The molecule has 0 aliphatic rings. The summed E-state index contributed by atoms with van der Waals surface area (Å²) in [6.45, 7) is 1.77. The summed E-state index contributed by atoms with van der Waals surface area (Å²) >= 11 is 0. The van der Waals surface area contributed by atoms with Crippen molar-refractivity contribution in [1.82, 2.24) is 0 Å². The predicted molar refractivity (Wildman–Crippen MR) is 82.5 cm³/mol. The quantitative estimate of drug-likeness (QED) is 0.501. The number of nitrogens with zero attached hydrogens (tertiary/aromatic N) is 1. The Bertz CT molecular complexity index is 706. The number of rotatable bonds is 5. The maximum atomic E-state index is 13.7. The highest BCUT2D eigenvalue weighted by Gasteiger charge is 2.17. The number of methoxy groups -OCH3 is 1. The monoisotopic (exact) mass is 305 g/mol. The Morgan fingerprint density at radius 3 is 2.64 bits per heavy atom. The fourth-order valence-electron chi connectivity index (χ4n) is 2.10. The molecule has 0 heterocycles. The van der Waals surface area contributed by atoms with E-state index in [2.05, 4.69) is 5.32 Å². The normalized spacial score (nSPS) is 11.8. The molecule has 116 valence electrons. The van der Waals surface area contributed by atoms with Gasteiger partial charge in [0.25, 0.3) is 5.69 Å². The zero-order chi connectivity index (χ0) is 16.3. The first-order valence-electron chi connectivity index (χ1n) is 6.56. The largest absolute Gasteiger partial charge is 0.494 e. The number of benzene rings is 2. The van der Waals surface area contributed by atoms with Crippen LogP contribution in [0.15, 0.2) is 36.4 Å². The standard InChI is InChI=1S/C15H16FN3O3/c1-9(10-3-6-15(22-2)12(16)7-10)18-13-8-11(17)4-5-14(13)19(20)21/h3-9,18H,17H2,1-2H3/t9-/m1/s1. The fourth-order valence-corrected chi connectivity index (χ4v) is 2.10. The van der Waals surface area contributed by atoms with Gasteiger partial charge >= 0.3 is 0 Å². The van der Waals surface area contributed by atoms with Gasteiger partial charge in [-0.25, -0.2) is 4.39 Å². The summed E-state index contributed by atoms with van der Waals surface area (Å²) in [5.41, 5.74) is 6.90. The van der Waals surface area contributed by atoms with E-state index in [4.69, 9.17) is 10.5 Å². The van der Waals surface area contributed by atoms with Crippen LogP contribution in [0.3, 0.4) is 0 Å². The maximum Gasteiger partial charge on any atom is 0.292 e. The number of hydrogen-bond donors (Lipinski definition) is 2. The summed E-state index contributed by atoms with van der Waals surface area (Å²) in [4.78, 5) is 10.5. The van der Waals surface area contributed by atoms with E-state index in [9.17, 15) is 14.5 Å². The SMILES string of the molecule is COc1ccc([C@@H](C)Nc2cc(N)ccc2[N+](=O)[O-])cc1F. The minimum Gasteiger partial charge on any atom is -0.494 e. The van der Waals surface area contributed by atoms with E-state index in [0.717, 1.165) is 0 Å². The van der Waals surface area contributed by atoms with Crippen molar-refractivity contribution in [3.8, 4) is 5.75 Å². The van der Waals surface area contributed by atoms with Crippen LogP contribution < -0.4 is 15.8 Å². The number of nitrogens with one attached hydrogen (secondary N) is 1. The number of nitro groups is 1. The molecule has 3 N–H and O–H groups in total. The third kappa shape index (κ3) is 3.25. The Morgan fingerprint density at radius 1 is 1.32 bits per heavy atom. The molecule has 0 unspecified atom stereocenters. The van der Waals surface area contributed by atoms with Crippen molar-refractivity contribution in [2.24, 2.45) is 0 Å². The molecule has 2 aromatic rings. The van der Waals surface area contributed by atoms with Crippen molar-refractivity contribution in [3.05, 3.63) is 57.9 Å². The van der Waals surface area contributed by atoms with Gasteiger partial charge < -0.3 is 15.8 Å². The van der Waals surface area contributed by atoms with Gasteiger partial charge in [0.15, 0.2) is 11.6 Å². The highest BCUT2D eigenvalue weighted by Crippen LogP contribution is 2.31. The number of nitro benzene ring substituents is 1. The Morgan fingerprint density at radius 2 is 2.05 bits per heavy atom. The summed E-state index contributed by atoms with van der Waals surface area (Å²) in [7, 11) is 1.38. The lowest BCUT2D eigenvalue weighted by molar-refractivity contribution is -0.384. The van der Waals surface area contributed by atoms with Crippen LogP contribution in [-0.2, 0) is 0 Å². The number of ether oxygens (including phenoxy) is 1. The van der Waals surface area contributed by atoms with Crippen molar-refractivity contribution in [3.63, 3.8) is 0 Å². The summed E-state index contributed by atoms with van der Waals surface area (Å²) in [5.74, 6) is -0.346. The third-order valence-electron chi connectivity index (χ3n) is 3.27. The maximum absolute atomic E-state index is 13.7. The van der Waals surface area contributed by atoms with Crippen LogP contribution in [0.5, 0.6) is 5.75 Å². The average Bonchev–Trinajstić information content (AvgIpc) is 2.46. The Labute approximate surface area is 126 Å². The van der Waals surface area contributed by atoms with E-state index in [1.54, 1.807) is 13.0 Å². The molecule has 0 aromatic heterocycles. The summed E-state index contributed by atoms with van der Waals surface area (Å²) in [5, 5.41) is 14.0. The van der Waals surface area contributed by atoms with Gasteiger partial charge in [-0.2, -0.15) is 0 Å². The Balaban J connectivity index is 2.29. The molecule has 0 saturated carbocycles. The number of nitrogens with two attached hydrogens (primary N) is 1. The van der Waals surface area contributed by atoms with Gasteiger partial charge in [0.2, 0.25) is 0 Å². The molecular weight excluding hydrogens is 289 g/mol. The highest BCUT2D eigenvalue weighted by atomic mass is 19.1. The summed E-state index contributed by atoms with van der Waals surface area (Å²) < 4.78 is 18.6. The zero-order valence-electron chi connectivity index (χ0n) is 12.2. The Hall–Kier alpha value is -2.83. The molecule has 0 spiro atoms. The lowest BCUT2D eigenvalue weighted by atomic mass is 10.1. The average molecular weight is 305 g/mol. The Kier molecular flexibility index (Phi) is 4.45. The van der Waals surface area contributed by atoms with E-state index in [1.807, 2.05) is 0 Å². The number of anilines is 2. The number of nitrogen functional groups attached to an aromatic ring is 1. The van der Waals surface area contributed by atoms with Crippen molar-refractivity contribution < 1.29 is 14.1 Å². The van der Waals surface area contributed by atoms with Crippen LogP contribution in [0.25, 0.3) is 0 Å². The van der Waals surface area contributed by atoms with Crippen LogP contribution in [0.1, 0.15) is 18.5 Å². The first-order valence-corrected chi connectivity index (χ1v) is 6.56. The van der Waals surface area contributed by atoms with Crippen molar-refractivity contribution >= 4 is 17.1 Å². The van der Waals surface area contributed by atoms with E-state index in [1.165, 1.54) is 37.4 Å². The second kappa shape index (κ2) is 6.30. The minimum absolute atomic E-state index is 0.0879. The second-order valence-electron chi connectivity index (χ2n) is 4.79. The molecule has 0 saturated heterocycles. The van der Waals surface area contributed by atoms with Crippen molar-refractivity contribution in [2.45, 2.75) is 13.0 Å². The summed E-state index contributed by atoms with van der Waals surface area (Å²) in [6, 6.07) is 8.46. The van der Waals surface area contributed by atoms with Gasteiger partial charge in [-0.15, -0.1) is 0 Å². The number of halogens is 1. The summed E-state index contributed by atoms with van der Waals surface area (Å²) in [6.07, 6.45) is 0. The molecule has 0 amide bonds. The highest BCUT2D eigenvalue weighted by molar-refractivity contribution is 5.67. The second-order valence-corrected chi connectivity index (χ2v) is 4.79. The van der Waals surface area contributed by atoms with E-state index in [0.29, 0.717) is 11.3 Å². The van der Waals surface area contributed by atoms with E-state index in [-0.39, 0.29) is 23.2 Å². The van der Waals surface area contributed by atoms with Crippen molar-refractivity contribution in [2.75, 3.05) is 18.2 Å². The van der Waals surface area contributed by atoms with Crippen LogP contribution >= 0.6 is 0 Å². The molecule has 0 aliphatic heterocycles. The van der Waals surface area contributed by atoms with Crippen molar-refractivity contribution in [1.29, 1.82) is 0 Å². The number of hydrogen-bond acceptors (Lipinski definition) is 5. The molecule has 6 nitrogen and oxygen atoms in total. The lowest BCUT2D eigenvalue weighted by Crippen LogP contribution is -2.09. The van der Waals surface area contributed by atoms with Crippen LogP contribution in [-0.4, -0.2) is 12.0 Å². The van der Waals surface area contributed by atoms with Gasteiger partial charge in [0, 0.05) is 17.8 Å². The van der Waals surface area contributed by atoms with Gasteiger partial charge in [0.1, 0.15) is 5.69 Å². The predicted octanol–water partition coefficient (Wildman–Crippen LogP) is 3.50. The molecule has 0 bridgehead atoms. The molecule has 2 rings (SSSR count). The molecular formula is C15H16FN3O3. The van der Waals surface area contributed by atoms with Crippen LogP contribution in [0.2, 0.25) is 0 Å². The lowest BCUT2D eigenvalue weighted by Gasteiger charge is -2.17. The molecule has 0 radical (unpaired) electrons. The van der Waals surface area contributed by atoms with Gasteiger partial charge in [-0.3, -0.25) is 10.1 Å².